The molecule has 1 aliphatic rings. The van der Waals surface area contributed by atoms with Crippen molar-refractivity contribution in [2.75, 3.05) is 20.1 Å². The number of azide groups is 2. The van der Waals surface area contributed by atoms with E-state index in [1.165, 1.54) is 0 Å². The molecule has 1 saturated heterocycles. The van der Waals surface area contributed by atoms with Crippen LogP contribution in [0, 0.1) is 0 Å². The second-order valence-electron chi connectivity index (χ2n) is 6.40. The highest BCUT2D eigenvalue weighted by molar-refractivity contribution is 6.14. The molecular formula is C20H17N7O. The molecular weight excluding hydrogens is 354 g/mol. The zero-order chi connectivity index (χ0) is 19.9. The number of rotatable bonds is 4. The average Bonchev–Trinajstić information content (AvgIpc) is 2.69. The Morgan fingerprint density at radius 2 is 1.21 bits per heavy atom. The van der Waals surface area contributed by atoms with E-state index in [1.807, 2.05) is 43.5 Å². The number of likely N-dealkylation sites (tertiary alicyclic amines) is 1. The first-order valence-corrected chi connectivity index (χ1v) is 8.54. The molecule has 3 rings (SSSR count). The van der Waals surface area contributed by atoms with Crippen molar-refractivity contribution in [2.45, 2.75) is 0 Å². The van der Waals surface area contributed by atoms with Gasteiger partial charge in [0.25, 0.3) is 0 Å². The first kappa shape index (κ1) is 18.9. The first-order chi connectivity index (χ1) is 13.6. The van der Waals surface area contributed by atoms with Crippen LogP contribution in [-0.4, -0.2) is 30.8 Å². The highest BCUT2D eigenvalue weighted by Crippen LogP contribution is 2.23. The van der Waals surface area contributed by atoms with Crippen LogP contribution in [0.3, 0.4) is 0 Å². The van der Waals surface area contributed by atoms with Crippen molar-refractivity contribution < 1.29 is 4.79 Å². The number of Topliss-reactive ketones (excluding diaryl/α,β-unsaturated/α-hetero) is 1. The summed E-state index contributed by atoms with van der Waals surface area (Å²) in [5.74, 6) is 0.0105. The van der Waals surface area contributed by atoms with Crippen molar-refractivity contribution in [1.29, 1.82) is 0 Å². The van der Waals surface area contributed by atoms with Gasteiger partial charge in [-0.25, -0.2) is 0 Å². The summed E-state index contributed by atoms with van der Waals surface area (Å²) in [6.45, 7) is 1.12. The number of nitrogens with zero attached hydrogens (tertiary/aromatic N) is 7. The Bertz CT molecular complexity index is 955. The maximum absolute atomic E-state index is 12.9. The number of hydrogen-bond donors (Lipinski definition) is 0. The van der Waals surface area contributed by atoms with Crippen LogP contribution in [0.25, 0.3) is 33.0 Å². The number of carbonyl (C=O) groups excluding carboxylic acids is 1. The Balaban J connectivity index is 1.87. The molecule has 0 N–H and O–H groups in total. The Kier molecular flexibility index (Phi) is 5.89. The maximum atomic E-state index is 12.9. The van der Waals surface area contributed by atoms with Gasteiger partial charge in [-0.3, -0.25) is 9.69 Å². The molecule has 0 aromatic heterocycles. The number of likely N-dealkylation sites (N-methyl/N-ethyl adjacent to an activating group) is 1. The molecule has 0 atom stereocenters. The van der Waals surface area contributed by atoms with Gasteiger partial charge in [0.05, 0.1) is 0 Å². The predicted octanol–water partition coefficient (Wildman–Crippen LogP) is 5.55. The minimum absolute atomic E-state index is 0.0105. The predicted molar refractivity (Wildman–Crippen MR) is 109 cm³/mol. The van der Waals surface area contributed by atoms with Crippen LogP contribution in [-0.2, 0) is 4.79 Å². The lowest BCUT2D eigenvalue weighted by Gasteiger charge is -2.26. The second kappa shape index (κ2) is 8.70. The molecule has 0 saturated carbocycles. The van der Waals surface area contributed by atoms with Gasteiger partial charge in [0.1, 0.15) is 0 Å². The molecule has 0 bridgehead atoms. The summed E-state index contributed by atoms with van der Waals surface area (Å²) in [5, 5.41) is 7.09. The molecule has 0 unspecified atom stereocenters. The summed E-state index contributed by atoms with van der Waals surface area (Å²) in [6, 6.07) is 14.1. The van der Waals surface area contributed by atoms with Crippen LogP contribution in [0.15, 0.2) is 69.9 Å². The van der Waals surface area contributed by atoms with E-state index in [9.17, 15) is 4.79 Å². The van der Waals surface area contributed by atoms with Gasteiger partial charge in [0.2, 0.25) is 0 Å². The van der Waals surface area contributed by atoms with E-state index in [0.717, 1.165) is 11.1 Å². The SMILES string of the molecule is CN1C/C(=C/c2ccc(N=[N+]=[N-])cc2)C(=O)/C(=C/c2ccc(N=[N+]=[N-])cc2)C1. The zero-order valence-electron chi connectivity index (χ0n) is 15.2. The minimum atomic E-state index is 0.0105. The molecule has 0 amide bonds. The van der Waals surface area contributed by atoms with Gasteiger partial charge in [0.15, 0.2) is 5.78 Å². The van der Waals surface area contributed by atoms with Crippen molar-refractivity contribution in [1.82, 2.24) is 4.90 Å². The molecule has 1 aliphatic heterocycles. The number of benzene rings is 2. The molecule has 0 radical (unpaired) electrons. The molecule has 28 heavy (non-hydrogen) atoms. The molecule has 1 heterocycles. The lowest BCUT2D eigenvalue weighted by molar-refractivity contribution is -0.113. The Labute approximate surface area is 161 Å². The van der Waals surface area contributed by atoms with E-state index in [-0.39, 0.29) is 5.78 Å². The summed E-state index contributed by atoms with van der Waals surface area (Å²) >= 11 is 0. The second-order valence-corrected chi connectivity index (χ2v) is 6.40. The summed E-state index contributed by atoms with van der Waals surface area (Å²) in [7, 11) is 1.96. The van der Waals surface area contributed by atoms with E-state index in [2.05, 4.69) is 25.0 Å². The van der Waals surface area contributed by atoms with E-state index in [1.54, 1.807) is 24.3 Å². The van der Waals surface area contributed by atoms with Crippen LogP contribution < -0.4 is 0 Å². The van der Waals surface area contributed by atoms with Crippen molar-refractivity contribution in [2.24, 2.45) is 10.2 Å². The molecule has 0 aliphatic carbocycles. The molecule has 138 valence electrons. The molecule has 2 aromatic rings. The third-order valence-electron chi connectivity index (χ3n) is 4.25. The zero-order valence-corrected chi connectivity index (χ0v) is 15.2. The number of carbonyl (C=O) groups is 1. The Hall–Kier alpha value is -3.83. The summed E-state index contributed by atoms with van der Waals surface area (Å²) in [5.41, 5.74) is 21.1. The standard InChI is InChI=1S/C20H17N7O/c1-27-12-16(10-14-2-6-18(7-3-14)23-25-21)20(28)17(13-27)11-15-4-8-19(9-5-15)24-26-22/h2-11H,12-13H2,1H3/b16-10-,17-11+. The quantitative estimate of drug-likeness (QED) is 0.303. The Morgan fingerprint density at radius 1 is 0.821 bits per heavy atom. The number of ketones is 1. The van der Waals surface area contributed by atoms with Crippen LogP contribution in [0.4, 0.5) is 11.4 Å². The summed E-state index contributed by atoms with van der Waals surface area (Å²) in [6.07, 6.45) is 3.72. The number of piperidine rings is 1. The normalized spacial score (nSPS) is 17.2. The van der Waals surface area contributed by atoms with Gasteiger partial charge in [-0.15, -0.1) is 0 Å². The van der Waals surface area contributed by atoms with Crippen molar-refractivity contribution >= 4 is 29.3 Å². The summed E-state index contributed by atoms with van der Waals surface area (Å²) in [4.78, 5) is 20.5. The topological polar surface area (TPSA) is 118 Å². The van der Waals surface area contributed by atoms with Crippen molar-refractivity contribution in [3.8, 4) is 0 Å². The van der Waals surface area contributed by atoms with Crippen LogP contribution in [0.1, 0.15) is 11.1 Å². The van der Waals surface area contributed by atoms with E-state index >= 15 is 0 Å². The molecule has 8 nitrogen and oxygen atoms in total. The fraction of sp³-hybridized carbons (Fsp3) is 0.150. The highest BCUT2D eigenvalue weighted by atomic mass is 16.1. The van der Waals surface area contributed by atoms with E-state index in [4.69, 9.17) is 11.1 Å². The van der Waals surface area contributed by atoms with Gasteiger partial charge in [0, 0.05) is 45.4 Å². The average molecular weight is 371 g/mol. The first-order valence-electron chi connectivity index (χ1n) is 8.54. The van der Waals surface area contributed by atoms with Gasteiger partial charge in [-0.05, 0) is 41.4 Å². The van der Waals surface area contributed by atoms with Gasteiger partial charge < -0.3 is 0 Å². The Morgan fingerprint density at radius 3 is 1.57 bits per heavy atom. The largest absolute Gasteiger partial charge is 0.298 e. The fourth-order valence-corrected chi connectivity index (χ4v) is 2.99. The highest BCUT2D eigenvalue weighted by Gasteiger charge is 2.23. The third kappa shape index (κ3) is 4.66. The smallest absolute Gasteiger partial charge is 0.187 e. The number of hydrogen-bond acceptors (Lipinski definition) is 4. The molecule has 1 fully saturated rings. The maximum Gasteiger partial charge on any atom is 0.187 e. The molecule has 0 spiro atoms. The summed E-state index contributed by atoms with van der Waals surface area (Å²) < 4.78 is 0. The van der Waals surface area contributed by atoms with Crippen LogP contribution >= 0.6 is 0 Å². The molecule has 8 heteroatoms. The van der Waals surface area contributed by atoms with Crippen molar-refractivity contribution in [3.05, 3.63) is 91.7 Å². The van der Waals surface area contributed by atoms with Gasteiger partial charge in [-0.1, -0.05) is 58.8 Å². The monoisotopic (exact) mass is 371 g/mol. The molecule has 2 aromatic carbocycles. The van der Waals surface area contributed by atoms with Crippen LogP contribution in [0.2, 0.25) is 0 Å². The lowest BCUT2D eigenvalue weighted by Crippen LogP contribution is -2.34. The van der Waals surface area contributed by atoms with E-state index < -0.39 is 0 Å². The van der Waals surface area contributed by atoms with E-state index in [0.29, 0.717) is 35.6 Å². The van der Waals surface area contributed by atoms with Gasteiger partial charge >= 0.3 is 0 Å². The van der Waals surface area contributed by atoms with Crippen molar-refractivity contribution in [3.63, 3.8) is 0 Å². The lowest BCUT2D eigenvalue weighted by atomic mass is 9.94. The van der Waals surface area contributed by atoms with Crippen LogP contribution in [0.5, 0.6) is 0 Å². The third-order valence-corrected chi connectivity index (χ3v) is 4.25. The van der Waals surface area contributed by atoms with Gasteiger partial charge in [-0.2, -0.15) is 0 Å². The minimum Gasteiger partial charge on any atom is -0.298 e. The fourth-order valence-electron chi connectivity index (χ4n) is 2.99.